The fourth-order valence-electron chi connectivity index (χ4n) is 2.87. The maximum atomic E-state index is 12.9. The highest BCUT2D eigenvalue weighted by Crippen LogP contribution is 2.31. The van der Waals surface area contributed by atoms with Gasteiger partial charge in [0.15, 0.2) is 0 Å². The molecule has 1 aliphatic rings. The van der Waals surface area contributed by atoms with Gasteiger partial charge in [-0.25, -0.2) is 9.78 Å². The van der Waals surface area contributed by atoms with Crippen LogP contribution in [0.5, 0.6) is 0 Å². The van der Waals surface area contributed by atoms with Gasteiger partial charge in [-0.2, -0.15) is 11.3 Å². The molecule has 1 saturated heterocycles. The van der Waals surface area contributed by atoms with E-state index in [2.05, 4.69) is 10.3 Å². The van der Waals surface area contributed by atoms with Crippen LogP contribution in [0.15, 0.2) is 52.5 Å². The molecule has 1 fully saturated rings. The van der Waals surface area contributed by atoms with Gasteiger partial charge in [-0.15, -0.1) is 11.3 Å². The number of carbonyl (C=O) groups is 2. The summed E-state index contributed by atoms with van der Waals surface area (Å²) in [5.74, 6) is -0.256. The number of rotatable bonds is 4. The van der Waals surface area contributed by atoms with Gasteiger partial charge in [0, 0.05) is 16.3 Å². The van der Waals surface area contributed by atoms with E-state index in [1.54, 1.807) is 18.3 Å². The Kier molecular flexibility index (Phi) is 3.89. The number of thiazole rings is 1. The molecule has 0 radical (unpaired) electrons. The lowest BCUT2D eigenvalue weighted by atomic mass is 9.92. The second kappa shape index (κ2) is 6.09. The Morgan fingerprint density at radius 2 is 1.96 bits per heavy atom. The lowest BCUT2D eigenvalue weighted by molar-refractivity contribution is -0.131. The van der Waals surface area contributed by atoms with Crippen LogP contribution in [0, 0.1) is 0 Å². The van der Waals surface area contributed by atoms with Crippen molar-refractivity contribution in [3.05, 3.63) is 63.8 Å². The Labute approximate surface area is 152 Å². The molecule has 1 N–H and O–H groups in total. The number of hydrogen-bond acceptors (Lipinski definition) is 5. The summed E-state index contributed by atoms with van der Waals surface area (Å²) in [4.78, 5) is 31.1. The van der Waals surface area contributed by atoms with E-state index < -0.39 is 5.54 Å². The summed E-state index contributed by atoms with van der Waals surface area (Å²) in [7, 11) is 0. The molecular formula is C18H15N3O2S2. The van der Waals surface area contributed by atoms with Crippen LogP contribution in [0.25, 0.3) is 10.6 Å². The van der Waals surface area contributed by atoms with E-state index in [-0.39, 0.29) is 18.5 Å². The zero-order valence-electron chi connectivity index (χ0n) is 13.4. The Bertz CT molecular complexity index is 921. The normalized spacial score (nSPS) is 20.1. The van der Waals surface area contributed by atoms with Gasteiger partial charge in [0.1, 0.15) is 10.5 Å². The molecule has 0 aliphatic carbocycles. The van der Waals surface area contributed by atoms with E-state index in [0.29, 0.717) is 5.69 Å². The first-order valence-corrected chi connectivity index (χ1v) is 9.57. The van der Waals surface area contributed by atoms with Gasteiger partial charge >= 0.3 is 6.03 Å². The maximum absolute atomic E-state index is 12.9. The molecule has 0 spiro atoms. The fraction of sp³-hybridized carbons (Fsp3) is 0.167. The summed E-state index contributed by atoms with van der Waals surface area (Å²) >= 11 is 3.13. The number of urea groups is 1. The van der Waals surface area contributed by atoms with E-state index in [0.717, 1.165) is 16.1 Å². The van der Waals surface area contributed by atoms with Crippen molar-refractivity contribution in [2.45, 2.75) is 19.0 Å². The van der Waals surface area contributed by atoms with Gasteiger partial charge in [0.25, 0.3) is 5.91 Å². The third kappa shape index (κ3) is 2.75. The smallest absolute Gasteiger partial charge is 0.319 e. The molecular weight excluding hydrogens is 354 g/mol. The number of imide groups is 1. The van der Waals surface area contributed by atoms with Gasteiger partial charge in [-0.05, 0) is 23.9 Å². The van der Waals surface area contributed by atoms with Crippen LogP contribution in [-0.2, 0) is 16.9 Å². The Morgan fingerprint density at radius 3 is 2.68 bits per heavy atom. The second-order valence-electron chi connectivity index (χ2n) is 5.97. The highest BCUT2D eigenvalue weighted by molar-refractivity contribution is 7.14. The lowest BCUT2D eigenvalue weighted by Gasteiger charge is -2.21. The van der Waals surface area contributed by atoms with Crippen LogP contribution < -0.4 is 5.32 Å². The monoisotopic (exact) mass is 369 g/mol. The first-order chi connectivity index (χ1) is 12.1. The highest BCUT2D eigenvalue weighted by atomic mass is 32.1. The molecule has 0 unspecified atom stereocenters. The van der Waals surface area contributed by atoms with E-state index in [1.165, 1.54) is 16.2 Å². The average Bonchev–Trinajstić information content (AvgIpc) is 3.34. The SMILES string of the molecule is C[C@]1(c2ccccc2)NC(=O)N(Cc2csc(-c3ccsc3)n2)C1=O. The van der Waals surface area contributed by atoms with Crippen LogP contribution >= 0.6 is 22.7 Å². The number of amides is 3. The van der Waals surface area contributed by atoms with Crippen molar-refractivity contribution in [2.24, 2.45) is 0 Å². The van der Waals surface area contributed by atoms with Crippen molar-refractivity contribution in [3.63, 3.8) is 0 Å². The second-order valence-corrected chi connectivity index (χ2v) is 7.61. The Morgan fingerprint density at radius 1 is 1.16 bits per heavy atom. The molecule has 5 nitrogen and oxygen atoms in total. The zero-order chi connectivity index (χ0) is 17.4. The molecule has 25 heavy (non-hydrogen) atoms. The predicted molar refractivity (Wildman–Crippen MR) is 98.3 cm³/mol. The molecule has 0 bridgehead atoms. The number of aromatic nitrogens is 1. The average molecular weight is 369 g/mol. The van der Waals surface area contributed by atoms with Crippen LogP contribution in [0.1, 0.15) is 18.2 Å². The van der Waals surface area contributed by atoms with Crippen molar-refractivity contribution in [2.75, 3.05) is 0 Å². The molecule has 0 saturated carbocycles. The highest BCUT2D eigenvalue weighted by Gasteiger charge is 2.48. The topological polar surface area (TPSA) is 62.3 Å². The minimum Gasteiger partial charge on any atom is -0.319 e. The molecule has 7 heteroatoms. The first kappa shape index (κ1) is 16.0. The summed E-state index contributed by atoms with van der Waals surface area (Å²) in [5, 5.41) is 9.64. The van der Waals surface area contributed by atoms with Crippen molar-refractivity contribution in [1.82, 2.24) is 15.2 Å². The van der Waals surface area contributed by atoms with Gasteiger partial charge in [0.05, 0.1) is 12.2 Å². The molecule has 3 amide bonds. The van der Waals surface area contributed by atoms with E-state index in [9.17, 15) is 9.59 Å². The standard InChI is InChI=1S/C18H15N3O2S2/c1-18(13-5-3-2-4-6-13)16(22)21(17(23)20-18)9-14-11-25-15(19-14)12-7-8-24-10-12/h2-8,10-11H,9H2,1H3,(H,20,23)/t18-/m1/s1. The molecule has 3 heterocycles. The van der Waals surface area contributed by atoms with Crippen LogP contribution in [-0.4, -0.2) is 21.8 Å². The minimum absolute atomic E-state index is 0.174. The lowest BCUT2D eigenvalue weighted by Crippen LogP contribution is -2.40. The summed E-state index contributed by atoms with van der Waals surface area (Å²) in [6, 6.07) is 10.9. The number of benzene rings is 1. The van der Waals surface area contributed by atoms with Crippen LogP contribution in [0.3, 0.4) is 0 Å². The number of thiophene rings is 1. The molecule has 4 rings (SSSR count). The van der Waals surface area contributed by atoms with Crippen molar-refractivity contribution in [3.8, 4) is 10.6 Å². The predicted octanol–water partition coefficient (Wildman–Crippen LogP) is 3.84. The van der Waals surface area contributed by atoms with Crippen molar-refractivity contribution in [1.29, 1.82) is 0 Å². The number of carbonyl (C=O) groups excluding carboxylic acids is 2. The van der Waals surface area contributed by atoms with Crippen LogP contribution in [0.4, 0.5) is 4.79 Å². The van der Waals surface area contributed by atoms with Crippen molar-refractivity contribution < 1.29 is 9.59 Å². The maximum Gasteiger partial charge on any atom is 0.325 e. The van der Waals surface area contributed by atoms with Gasteiger partial charge in [0.2, 0.25) is 0 Å². The quantitative estimate of drug-likeness (QED) is 0.711. The van der Waals surface area contributed by atoms with Gasteiger partial charge in [-0.3, -0.25) is 9.69 Å². The van der Waals surface area contributed by atoms with E-state index in [4.69, 9.17) is 0 Å². The molecule has 1 atom stereocenters. The summed E-state index contributed by atoms with van der Waals surface area (Å²) < 4.78 is 0. The first-order valence-electron chi connectivity index (χ1n) is 7.74. The largest absolute Gasteiger partial charge is 0.325 e. The summed E-state index contributed by atoms with van der Waals surface area (Å²) in [6.07, 6.45) is 0. The zero-order valence-corrected chi connectivity index (χ0v) is 15.1. The Balaban J connectivity index is 1.57. The molecule has 1 aliphatic heterocycles. The summed E-state index contributed by atoms with van der Waals surface area (Å²) in [5.41, 5.74) is 1.51. The van der Waals surface area contributed by atoms with Crippen LogP contribution in [0.2, 0.25) is 0 Å². The Hall–Kier alpha value is -2.51. The van der Waals surface area contributed by atoms with E-state index in [1.807, 2.05) is 52.5 Å². The fourth-order valence-corrected chi connectivity index (χ4v) is 4.39. The van der Waals surface area contributed by atoms with E-state index >= 15 is 0 Å². The molecule has 2 aromatic heterocycles. The third-order valence-electron chi connectivity index (χ3n) is 4.27. The number of hydrogen-bond donors (Lipinski definition) is 1. The summed E-state index contributed by atoms with van der Waals surface area (Å²) in [6.45, 7) is 1.91. The number of nitrogens with one attached hydrogen (secondary N) is 1. The van der Waals surface area contributed by atoms with Crippen molar-refractivity contribution >= 4 is 34.6 Å². The molecule has 1 aromatic carbocycles. The van der Waals surface area contributed by atoms with Gasteiger partial charge in [-0.1, -0.05) is 30.3 Å². The molecule has 126 valence electrons. The molecule has 3 aromatic rings. The van der Waals surface area contributed by atoms with Gasteiger partial charge < -0.3 is 5.32 Å². The number of nitrogens with zero attached hydrogens (tertiary/aromatic N) is 2. The minimum atomic E-state index is -1.04. The third-order valence-corrected chi connectivity index (χ3v) is 5.89.